The van der Waals surface area contributed by atoms with Crippen molar-refractivity contribution in [3.8, 4) is 11.8 Å². The predicted molar refractivity (Wildman–Crippen MR) is 72.6 cm³/mol. The molecule has 1 aromatic rings. The molecule has 0 saturated carbocycles. The SMILES string of the molecule is CS(=O)(=O)OCC#CCCCCc1ccccc1. The van der Waals surface area contributed by atoms with Crippen LogP contribution in [0.3, 0.4) is 0 Å². The van der Waals surface area contributed by atoms with Crippen molar-refractivity contribution < 1.29 is 12.6 Å². The Morgan fingerprint density at radius 2 is 1.83 bits per heavy atom. The molecule has 0 saturated heterocycles. The molecule has 0 aliphatic carbocycles. The van der Waals surface area contributed by atoms with Gasteiger partial charge in [0.15, 0.2) is 0 Å². The summed E-state index contributed by atoms with van der Waals surface area (Å²) in [7, 11) is -3.36. The summed E-state index contributed by atoms with van der Waals surface area (Å²) in [5, 5.41) is 0. The minimum atomic E-state index is -3.36. The van der Waals surface area contributed by atoms with E-state index >= 15 is 0 Å². The van der Waals surface area contributed by atoms with Gasteiger partial charge in [-0.15, -0.1) is 5.92 Å². The molecule has 0 unspecified atom stereocenters. The number of aryl methyl sites for hydroxylation is 1. The maximum Gasteiger partial charge on any atom is 0.265 e. The molecule has 18 heavy (non-hydrogen) atoms. The van der Waals surface area contributed by atoms with Gasteiger partial charge in [0.05, 0.1) is 6.26 Å². The number of unbranched alkanes of at least 4 members (excludes halogenated alkanes) is 2. The summed E-state index contributed by atoms with van der Waals surface area (Å²) in [4.78, 5) is 0. The van der Waals surface area contributed by atoms with Crippen molar-refractivity contribution in [1.82, 2.24) is 0 Å². The number of hydrogen-bond acceptors (Lipinski definition) is 3. The molecule has 98 valence electrons. The van der Waals surface area contributed by atoms with E-state index in [1.807, 2.05) is 18.2 Å². The summed E-state index contributed by atoms with van der Waals surface area (Å²) in [6, 6.07) is 10.3. The summed E-state index contributed by atoms with van der Waals surface area (Å²) in [5.41, 5.74) is 1.34. The Hall–Kier alpha value is -1.31. The zero-order valence-corrected chi connectivity index (χ0v) is 11.4. The van der Waals surface area contributed by atoms with E-state index in [0.29, 0.717) is 0 Å². The normalized spacial score (nSPS) is 10.7. The van der Waals surface area contributed by atoms with Crippen LogP contribution in [0.2, 0.25) is 0 Å². The molecule has 0 aliphatic rings. The highest BCUT2D eigenvalue weighted by Crippen LogP contribution is 2.05. The molecule has 0 radical (unpaired) electrons. The Balaban J connectivity index is 2.07. The minimum absolute atomic E-state index is 0.0441. The van der Waals surface area contributed by atoms with Crippen LogP contribution in [0.25, 0.3) is 0 Å². The molecule has 3 nitrogen and oxygen atoms in total. The first kappa shape index (κ1) is 14.7. The van der Waals surface area contributed by atoms with Gasteiger partial charge in [-0.3, -0.25) is 4.18 Å². The van der Waals surface area contributed by atoms with Gasteiger partial charge in [0.25, 0.3) is 10.1 Å². The van der Waals surface area contributed by atoms with Gasteiger partial charge in [-0.05, 0) is 24.8 Å². The third-order valence-corrected chi connectivity index (χ3v) is 2.88. The number of rotatable bonds is 6. The fraction of sp³-hybridized carbons (Fsp3) is 0.429. The van der Waals surface area contributed by atoms with Crippen LogP contribution in [0.5, 0.6) is 0 Å². The zero-order valence-electron chi connectivity index (χ0n) is 10.6. The minimum Gasteiger partial charge on any atom is -0.257 e. The van der Waals surface area contributed by atoms with Crippen LogP contribution in [0.15, 0.2) is 30.3 Å². The smallest absolute Gasteiger partial charge is 0.257 e. The lowest BCUT2D eigenvalue weighted by molar-refractivity contribution is 0.367. The average molecular weight is 266 g/mol. The highest BCUT2D eigenvalue weighted by atomic mass is 32.2. The molecule has 0 heterocycles. The fourth-order valence-corrected chi connectivity index (χ4v) is 1.74. The molecule has 0 atom stereocenters. The monoisotopic (exact) mass is 266 g/mol. The molecule has 0 aromatic heterocycles. The van der Waals surface area contributed by atoms with E-state index < -0.39 is 10.1 Å². The average Bonchev–Trinajstić information content (AvgIpc) is 2.32. The summed E-state index contributed by atoms with van der Waals surface area (Å²) in [6.07, 6.45) is 4.96. The van der Waals surface area contributed by atoms with E-state index in [0.717, 1.165) is 31.9 Å². The Bertz CT molecular complexity index is 495. The third-order valence-electron chi connectivity index (χ3n) is 2.33. The second-order valence-electron chi connectivity index (χ2n) is 4.01. The van der Waals surface area contributed by atoms with Crippen LogP contribution in [0.4, 0.5) is 0 Å². The molecule has 0 bridgehead atoms. The van der Waals surface area contributed by atoms with Crippen molar-refractivity contribution in [2.24, 2.45) is 0 Å². The van der Waals surface area contributed by atoms with E-state index in [2.05, 4.69) is 28.2 Å². The lowest BCUT2D eigenvalue weighted by Crippen LogP contribution is -2.02. The fourth-order valence-electron chi connectivity index (χ4n) is 1.46. The van der Waals surface area contributed by atoms with Gasteiger partial charge < -0.3 is 0 Å². The second kappa shape index (κ2) is 7.91. The third kappa shape index (κ3) is 7.88. The van der Waals surface area contributed by atoms with Crippen LogP contribution in [0.1, 0.15) is 24.8 Å². The lowest BCUT2D eigenvalue weighted by Gasteiger charge is -1.98. The quantitative estimate of drug-likeness (QED) is 0.451. The predicted octanol–water partition coefficient (Wildman–Crippen LogP) is 2.38. The van der Waals surface area contributed by atoms with Gasteiger partial charge in [-0.2, -0.15) is 8.42 Å². The van der Waals surface area contributed by atoms with Crippen LogP contribution in [-0.2, 0) is 20.7 Å². The highest BCUT2D eigenvalue weighted by Gasteiger charge is 1.97. The first-order valence-electron chi connectivity index (χ1n) is 5.92. The Labute approximate surface area is 109 Å². The van der Waals surface area contributed by atoms with Gasteiger partial charge in [-0.1, -0.05) is 36.3 Å². The maximum atomic E-state index is 10.6. The number of hydrogen-bond donors (Lipinski definition) is 0. The molecular formula is C14H18O3S. The van der Waals surface area contributed by atoms with E-state index in [4.69, 9.17) is 0 Å². The van der Waals surface area contributed by atoms with E-state index in [9.17, 15) is 8.42 Å². The lowest BCUT2D eigenvalue weighted by atomic mass is 10.1. The zero-order chi connectivity index (χ0) is 13.3. The topological polar surface area (TPSA) is 43.4 Å². The Kier molecular flexibility index (Phi) is 6.48. The van der Waals surface area contributed by atoms with Gasteiger partial charge >= 0.3 is 0 Å². The Morgan fingerprint density at radius 1 is 1.11 bits per heavy atom. The Morgan fingerprint density at radius 3 is 2.50 bits per heavy atom. The van der Waals surface area contributed by atoms with E-state index in [1.165, 1.54) is 5.56 Å². The molecule has 0 fully saturated rings. The molecule has 1 aromatic carbocycles. The van der Waals surface area contributed by atoms with Gasteiger partial charge in [0.2, 0.25) is 0 Å². The molecule has 4 heteroatoms. The van der Waals surface area contributed by atoms with Gasteiger partial charge in [0.1, 0.15) is 6.61 Å². The highest BCUT2D eigenvalue weighted by molar-refractivity contribution is 7.85. The van der Waals surface area contributed by atoms with Crippen molar-refractivity contribution in [1.29, 1.82) is 0 Å². The van der Waals surface area contributed by atoms with Crippen LogP contribution >= 0.6 is 0 Å². The van der Waals surface area contributed by atoms with Crippen molar-refractivity contribution in [2.45, 2.75) is 25.7 Å². The van der Waals surface area contributed by atoms with E-state index in [-0.39, 0.29) is 6.61 Å². The standard InChI is InChI=1S/C14H18O3S/c1-18(15,16)17-13-9-4-2-3-6-10-14-11-7-5-8-12-14/h5,7-8,11-12H,2-3,6,10,13H2,1H3. The van der Waals surface area contributed by atoms with Crippen molar-refractivity contribution in [2.75, 3.05) is 12.9 Å². The molecule has 0 spiro atoms. The second-order valence-corrected chi connectivity index (χ2v) is 5.66. The van der Waals surface area contributed by atoms with Crippen LogP contribution in [0, 0.1) is 11.8 Å². The molecule has 1 rings (SSSR count). The summed E-state index contributed by atoms with van der Waals surface area (Å²) in [6.45, 7) is -0.0441. The van der Waals surface area contributed by atoms with E-state index in [1.54, 1.807) is 0 Å². The largest absolute Gasteiger partial charge is 0.265 e. The summed E-state index contributed by atoms with van der Waals surface area (Å²) >= 11 is 0. The summed E-state index contributed by atoms with van der Waals surface area (Å²) in [5.74, 6) is 5.59. The summed E-state index contributed by atoms with van der Waals surface area (Å²) < 4.78 is 25.8. The van der Waals surface area contributed by atoms with Crippen molar-refractivity contribution in [3.63, 3.8) is 0 Å². The van der Waals surface area contributed by atoms with Crippen molar-refractivity contribution in [3.05, 3.63) is 35.9 Å². The molecular weight excluding hydrogens is 248 g/mol. The van der Waals surface area contributed by atoms with Crippen LogP contribution in [-0.4, -0.2) is 21.3 Å². The first-order valence-corrected chi connectivity index (χ1v) is 7.73. The maximum absolute atomic E-state index is 10.6. The molecule has 0 amide bonds. The van der Waals surface area contributed by atoms with Crippen LogP contribution < -0.4 is 0 Å². The molecule has 0 N–H and O–H groups in total. The van der Waals surface area contributed by atoms with Gasteiger partial charge in [0, 0.05) is 6.42 Å². The number of benzene rings is 1. The molecule has 0 aliphatic heterocycles. The van der Waals surface area contributed by atoms with Crippen molar-refractivity contribution >= 4 is 10.1 Å². The first-order chi connectivity index (χ1) is 8.58. The van der Waals surface area contributed by atoms with Gasteiger partial charge in [-0.25, -0.2) is 0 Å².